The Kier molecular flexibility index (Phi) is 3.56. The Morgan fingerprint density at radius 2 is 2.44 bits per heavy atom. The smallest absolute Gasteiger partial charge is 0.234 e. The molecule has 1 unspecified atom stereocenters. The van der Waals surface area contributed by atoms with E-state index in [0.29, 0.717) is 12.6 Å². The van der Waals surface area contributed by atoms with Crippen LogP contribution in [0.1, 0.15) is 36.5 Å². The Hall–Kier alpha value is -0.940. The summed E-state index contributed by atoms with van der Waals surface area (Å²) in [5, 5.41) is 9.10. The molecule has 0 spiro atoms. The zero-order chi connectivity index (χ0) is 11.5. The topological polar surface area (TPSA) is 54.0 Å². The van der Waals surface area contributed by atoms with Gasteiger partial charge in [-0.05, 0) is 26.7 Å². The van der Waals surface area contributed by atoms with E-state index in [1.165, 1.54) is 12.8 Å². The van der Waals surface area contributed by atoms with E-state index in [-0.39, 0.29) is 11.9 Å². The molecule has 1 amide bonds. The van der Waals surface area contributed by atoms with Crippen molar-refractivity contribution in [2.75, 3.05) is 6.54 Å². The molecular weight excluding hydrogens is 222 g/mol. The maximum atomic E-state index is 11.6. The average Bonchev–Trinajstić information content (AvgIpc) is 2.97. The minimum Gasteiger partial charge on any atom is -0.346 e. The largest absolute Gasteiger partial charge is 0.346 e. The van der Waals surface area contributed by atoms with Gasteiger partial charge in [-0.25, -0.2) is 4.98 Å². The Morgan fingerprint density at radius 1 is 1.69 bits per heavy atom. The number of rotatable bonds is 5. The number of hydrogen-bond donors (Lipinski definition) is 2. The standard InChI is InChI=1S/C11H17N3OS/c1-7-6-16-11(13-7)8(2)14-10(15)5-12-9-3-4-9/h6,8-9,12H,3-5H2,1-2H3,(H,14,15). The Bertz CT molecular complexity index is 373. The summed E-state index contributed by atoms with van der Waals surface area (Å²) in [6.45, 7) is 4.34. The lowest BCUT2D eigenvalue weighted by Gasteiger charge is -2.11. The summed E-state index contributed by atoms with van der Waals surface area (Å²) in [6, 6.07) is 0.579. The van der Waals surface area contributed by atoms with Gasteiger partial charge in [0.25, 0.3) is 0 Å². The molecule has 0 saturated heterocycles. The van der Waals surface area contributed by atoms with Crippen molar-refractivity contribution in [3.63, 3.8) is 0 Å². The van der Waals surface area contributed by atoms with E-state index in [9.17, 15) is 4.79 Å². The number of hydrogen-bond acceptors (Lipinski definition) is 4. The molecule has 5 heteroatoms. The summed E-state index contributed by atoms with van der Waals surface area (Å²) in [5.41, 5.74) is 1.01. The van der Waals surface area contributed by atoms with E-state index < -0.39 is 0 Å². The molecule has 1 fully saturated rings. The van der Waals surface area contributed by atoms with Crippen LogP contribution in [-0.4, -0.2) is 23.5 Å². The minimum absolute atomic E-state index is 0.00667. The Balaban J connectivity index is 1.76. The van der Waals surface area contributed by atoms with Gasteiger partial charge in [-0.1, -0.05) is 0 Å². The lowest BCUT2D eigenvalue weighted by atomic mass is 10.3. The fourth-order valence-electron chi connectivity index (χ4n) is 1.45. The van der Waals surface area contributed by atoms with Gasteiger partial charge in [0.2, 0.25) is 5.91 Å². The predicted octanol–water partition coefficient (Wildman–Crippen LogP) is 1.38. The van der Waals surface area contributed by atoms with Crippen molar-refractivity contribution in [3.8, 4) is 0 Å². The van der Waals surface area contributed by atoms with E-state index >= 15 is 0 Å². The van der Waals surface area contributed by atoms with Crippen molar-refractivity contribution in [3.05, 3.63) is 16.1 Å². The van der Waals surface area contributed by atoms with Gasteiger partial charge in [0.05, 0.1) is 12.6 Å². The molecule has 2 rings (SSSR count). The van der Waals surface area contributed by atoms with Crippen LogP contribution >= 0.6 is 11.3 Å². The molecule has 0 bridgehead atoms. The van der Waals surface area contributed by atoms with E-state index in [2.05, 4.69) is 15.6 Å². The SMILES string of the molecule is Cc1csc(C(C)NC(=O)CNC2CC2)n1. The van der Waals surface area contributed by atoms with Crippen LogP contribution in [0.15, 0.2) is 5.38 Å². The number of carbonyl (C=O) groups is 1. The first-order chi connectivity index (χ1) is 7.65. The monoisotopic (exact) mass is 239 g/mol. The van der Waals surface area contributed by atoms with Gasteiger partial charge < -0.3 is 10.6 Å². The average molecular weight is 239 g/mol. The van der Waals surface area contributed by atoms with Gasteiger partial charge in [-0.2, -0.15) is 0 Å². The quantitative estimate of drug-likeness (QED) is 0.816. The summed E-state index contributed by atoms with van der Waals surface area (Å²) in [5.74, 6) is 0.0484. The molecule has 0 aromatic carbocycles. The number of aryl methyl sites for hydroxylation is 1. The molecule has 1 aromatic rings. The fraction of sp³-hybridized carbons (Fsp3) is 0.636. The molecule has 2 N–H and O–H groups in total. The predicted molar refractivity (Wildman–Crippen MR) is 64.4 cm³/mol. The molecule has 1 saturated carbocycles. The maximum absolute atomic E-state index is 11.6. The van der Waals surface area contributed by atoms with Crippen LogP contribution in [0.3, 0.4) is 0 Å². The van der Waals surface area contributed by atoms with Crippen molar-refractivity contribution in [2.24, 2.45) is 0 Å². The number of nitrogens with one attached hydrogen (secondary N) is 2. The van der Waals surface area contributed by atoms with Gasteiger partial charge in [0, 0.05) is 17.1 Å². The van der Waals surface area contributed by atoms with Crippen molar-refractivity contribution in [1.29, 1.82) is 0 Å². The number of aromatic nitrogens is 1. The van der Waals surface area contributed by atoms with Crippen molar-refractivity contribution in [1.82, 2.24) is 15.6 Å². The number of amides is 1. The van der Waals surface area contributed by atoms with Gasteiger partial charge >= 0.3 is 0 Å². The number of nitrogens with zero attached hydrogens (tertiary/aromatic N) is 1. The van der Waals surface area contributed by atoms with E-state index in [1.807, 2.05) is 19.2 Å². The molecule has 0 radical (unpaired) electrons. The van der Waals surface area contributed by atoms with Gasteiger partial charge in [-0.15, -0.1) is 11.3 Å². The van der Waals surface area contributed by atoms with Gasteiger partial charge in [0.15, 0.2) is 0 Å². The van der Waals surface area contributed by atoms with Gasteiger partial charge in [-0.3, -0.25) is 4.79 Å². The third-order valence-electron chi connectivity index (χ3n) is 2.51. The van der Waals surface area contributed by atoms with Crippen LogP contribution < -0.4 is 10.6 Å². The molecule has 16 heavy (non-hydrogen) atoms. The first kappa shape index (κ1) is 11.5. The van der Waals surface area contributed by atoms with Crippen molar-refractivity contribution < 1.29 is 4.79 Å². The molecule has 0 aliphatic heterocycles. The second-order valence-corrected chi connectivity index (χ2v) is 5.16. The third kappa shape index (κ3) is 3.28. The number of thiazole rings is 1. The second-order valence-electron chi connectivity index (χ2n) is 4.27. The number of carbonyl (C=O) groups excluding carboxylic acids is 1. The lowest BCUT2D eigenvalue weighted by Crippen LogP contribution is -2.36. The van der Waals surface area contributed by atoms with Crippen molar-refractivity contribution >= 4 is 17.2 Å². The first-order valence-corrected chi connectivity index (χ1v) is 6.48. The van der Waals surface area contributed by atoms with E-state index in [0.717, 1.165) is 10.7 Å². The highest BCUT2D eigenvalue weighted by Crippen LogP contribution is 2.19. The third-order valence-corrected chi connectivity index (χ3v) is 3.66. The normalized spacial score (nSPS) is 17.1. The molecule has 1 aliphatic rings. The van der Waals surface area contributed by atoms with Crippen LogP contribution in [0.5, 0.6) is 0 Å². The molecule has 4 nitrogen and oxygen atoms in total. The summed E-state index contributed by atoms with van der Waals surface area (Å²) >= 11 is 1.59. The molecular formula is C11H17N3OS. The van der Waals surface area contributed by atoms with Crippen LogP contribution in [0, 0.1) is 6.92 Å². The molecule has 1 heterocycles. The first-order valence-electron chi connectivity index (χ1n) is 5.60. The molecule has 1 aromatic heterocycles. The van der Waals surface area contributed by atoms with Crippen LogP contribution in [-0.2, 0) is 4.79 Å². The van der Waals surface area contributed by atoms with Crippen molar-refractivity contribution in [2.45, 2.75) is 38.8 Å². The zero-order valence-electron chi connectivity index (χ0n) is 9.62. The second kappa shape index (κ2) is 4.93. The summed E-state index contributed by atoms with van der Waals surface area (Å²) in [4.78, 5) is 15.9. The maximum Gasteiger partial charge on any atom is 0.234 e. The molecule has 1 atom stereocenters. The van der Waals surface area contributed by atoms with Crippen LogP contribution in [0.2, 0.25) is 0 Å². The van der Waals surface area contributed by atoms with Gasteiger partial charge in [0.1, 0.15) is 5.01 Å². The molecule has 1 aliphatic carbocycles. The van der Waals surface area contributed by atoms with E-state index in [1.54, 1.807) is 11.3 Å². The fourth-order valence-corrected chi connectivity index (χ4v) is 2.25. The van der Waals surface area contributed by atoms with Crippen LogP contribution in [0.25, 0.3) is 0 Å². The zero-order valence-corrected chi connectivity index (χ0v) is 10.4. The summed E-state index contributed by atoms with van der Waals surface area (Å²) in [6.07, 6.45) is 2.41. The summed E-state index contributed by atoms with van der Waals surface area (Å²) in [7, 11) is 0. The van der Waals surface area contributed by atoms with E-state index in [4.69, 9.17) is 0 Å². The highest BCUT2D eigenvalue weighted by atomic mass is 32.1. The lowest BCUT2D eigenvalue weighted by molar-refractivity contribution is -0.120. The molecule has 88 valence electrons. The highest BCUT2D eigenvalue weighted by Gasteiger charge is 2.21. The summed E-state index contributed by atoms with van der Waals surface area (Å²) < 4.78 is 0. The van der Waals surface area contributed by atoms with Crippen LogP contribution in [0.4, 0.5) is 0 Å². The highest BCUT2D eigenvalue weighted by molar-refractivity contribution is 7.09. The minimum atomic E-state index is 0.00667. The Labute approximate surface area is 99.5 Å². The Morgan fingerprint density at radius 3 is 3.00 bits per heavy atom.